The van der Waals surface area contributed by atoms with Crippen molar-refractivity contribution in [3.05, 3.63) is 10.4 Å². The van der Waals surface area contributed by atoms with Crippen molar-refractivity contribution < 1.29 is 43.8 Å². The molecule has 32 heavy (non-hydrogen) atoms. The molecule has 13 nitrogen and oxygen atoms in total. The van der Waals surface area contributed by atoms with Gasteiger partial charge in [-0.2, -0.15) is 0 Å². The molecular weight excluding hydrogens is 428 g/mol. The van der Waals surface area contributed by atoms with Crippen molar-refractivity contribution in [1.29, 1.82) is 0 Å². The van der Waals surface area contributed by atoms with Gasteiger partial charge < -0.3 is 44.3 Å². The highest BCUT2D eigenvalue weighted by Crippen LogP contribution is 2.33. The maximum atomic E-state index is 11.2. The molecule has 0 aromatic rings. The van der Waals surface area contributed by atoms with Gasteiger partial charge in [-0.3, -0.25) is 4.79 Å². The molecule has 1 aliphatic rings. The van der Waals surface area contributed by atoms with Gasteiger partial charge in [0.1, 0.15) is 18.2 Å². The molecule has 4 N–H and O–H groups in total. The Kier molecular flexibility index (Phi) is 13.6. The topological polar surface area (TPSA) is 185 Å². The van der Waals surface area contributed by atoms with Crippen molar-refractivity contribution in [2.75, 3.05) is 52.8 Å². The molecule has 186 valence electrons. The zero-order valence-electron chi connectivity index (χ0n) is 18.9. The number of carbonyl (C=O) groups excluding carboxylic acids is 1. The number of hydrogen-bond donors (Lipinski definition) is 4. The molecule has 1 aliphatic heterocycles. The van der Waals surface area contributed by atoms with Crippen molar-refractivity contribution in [3.63, 3.8) is 0 Å². The Labute approximate surface area is 187 Å². The Morgan fingerprint density at radius 2 is 1.69 bits per heavy atom. The fourth-order valence-electron chi connectivity index (χ4n) is 3.34. The molecule has 0 bridgehead atoms. The van der Waals surface area contributed by atoms with E-state index in [1.165, 1.54) is 6.92 Å². The minimum Gasteiger partial charge on any atom is -0.388 e. The number of amides is 1. The monoisotopic (exact) mass is 464 g/mol. The normalized spacial score (nSPS) is 28.7. The summed E-state index contributed by atoms with van der Waals surface area (Å²) in [5.74, 6) is -0.454. The summed E-state index contributed by atoms with van der Waals surface area (Å²) < 4.78 is 27.1. The highest BCUT2D eigenvalue weighted by molar-refractivity contribution is 5.73. The van der Waals surface area contributed by atoms with E-state index in [1.54, 1.807) is 13.8 Å². The molecule has 1 amide bonds. The highest BCUT2D eigenvalue weighted by Gasteiger charge is 2.51. The molecule has 1 fully saturated rings. The summed E-state index contributed by atoms with van der Waals surface area (Å²) in [6, 6.07) is -1.12. The van der Waals surface area contributed by atoms with Gasteiger partial charge in [0.05, 0.1) is 58.0 Å². The highest BCUT2D eigenvalue weighted by atomic mass is 16.6. The second kappa shape index (κ2) is 15.3. The van der Waals surface area contributed by atoms with Crippen LogP contribution in [-0.4, -0.2) is 110 Å². The second-order valence-corrected chi connectivity index (χ2v) is 7.66. The lowest BCUT2D eigenvalue weighted by atomic mass is 9.83. The van der Waals surface area contributed by atoms with Crippen LogP contribution in [0.25, 0.3) is 10.4 Å². The van der Waals surface area contributed by atoms with Crippen LogP contribution in [0.5, 0.6) is 0 Å². The molecule has 13 heteroatoms. The lowest BCUT2D eigenvalue weighted by Crippen LogP contribution is -2.67. The van der Waals surface area contributed by atoms with Gasteiger partial charge in [-0.1, -0.05) is 5.11 Å². The molecule has 0 radical (unpaired) electrons. The number of nitrogens with one attached hydrogen (secondary N) is 1. The maximum absolute atomic E-state index is 11.2. The van der Waals surface area contributed by atoms with Gasteiger partial charge in [-0.25, -0.2) is 0 Å². The van der Waals surface area contributed by atoms with Crippen LogP contribution in [0.4, 0.5) is 0 Å². The molecular formula is C19H36N4O9. The Balaban J connectivity index is 2.16. The molecule has 0 aromatic carbocycles. The third-order valence-corrected chi connectivity index (χ3v) is 4.85. The van der Waals surface area contributed by atoms with Crippen LogP contribution in [0, 0.1) is 0 Å². The van der Waals surface area contributed by atoms with Crippen molar-refractivity contribution >= 4 is 5.91 Å². The van der Waals surface area contributed by atoms with Crippen molar-refractivity contribution in [2.45, 2.75) is 63.4 Å². The standard InChI is InChI=1S/C19H36N4O9/c1-13(31-11-10-30-9-8-29-7-6-28-5-4-21-23-20)12-19(3)17(26)16(25)15(18(27)32-19)22-14(2)24/h13,15-18,25-27H,4-12H2,1-3H3,(H,22,24)/t13-,15+,16+,17+,18-,19+/m0/s1. The van der Waals surface area contributed by atoms with Crippen LogP contribution in [0.3, 0.4) is 0 Å². The van der Waals surface area contributed by atoms with E-state index >= 15 is 0 Å². The molecule has 0 saturated carbocycles. The van der Waals surface area contributed by atoms with E-state index in [0.717, 1.165) is 0 Å². The number of ether oxygens (including phenoxy) is 5. The fourth-order valence-corrected chi connectivity index (χ4v) is 3.34. The van der Waals surface area contributed by atoms with Gasteiger partial charge in [0, 0.05) is 24.8 Å². The van der Waals surface area contributed by atoms with Gasteiger partial charge in [0.2, 0.25) is 5.91 Å². The molecule has 1 saturated heterocycles. The molecule has 0 aliphatic carbocycles. The lowest BCUT2D eigenvalue weighted by molar-refractivity contribution is -0.293. The Bertz CT molecular complexity index is 593. The van der Waals surface area contributed by atoms with Crippen molar-refractivity contribution in [3.8, 4) is 0 Å². The smallest absolute Gasteiger partial charge is 0.217 e. The average Bonchev–Trinajstić information content (AvgIpc) is 2.73. The Morgan fingerprint density at radius 1 is 1.12 bits per heavy atom. The van der Waals surface area contributed by atoms with Crippen LogP contribution in [0.1, 0.15) is 27.2 Å². The summed E-state index contributed by atoms with van der Waals surface area (Å²) in [4.78, 5) is 13.8. The van der Waals surface area contributed by atoms with Gasteiger partial charge in [-0.15, -0.1) is 0 Å². The predicted molar refractivity (Wildman–Crippen MR) is 112 cm³/mol. The molecule has 6 atom stereocenters. The fraction of sp³-hybridized carbons (Fsp3) is 0.947. The summed E-state index contributed by atoms with van der Waals surface area (Å²) in [6.45, 7) is 7.49. The molecule has 0 spiro atoms. The van der Waals surface area contributed by atoms with E-state index in [2.05, 4.69) is 15.3 Å². The van der Waals surface area contributed by atoms with Gasteiger partial charge in [-0.05, 0) is 19.4 Å². The van der Waals surface area contributed by atoms with Crippen LogP contribution in [0.15, 0.2) is 5.11 Å². The number of rotatable bonds is 16. The predicted octanol–water partition coefficient (Wildman–Crippen LogP) is -0.524. The summed E-state index contributed by atoms with van der Waals surface area (Å²) in [7, 11) is 0. The van der Waals surface area contributed by atoms with E-state index in [1.807, 2.05) is 0 Å². The minimum atomic E-state index is -1.46. The quantitative estimate of drug-likeness (QED) is 0.101. The number of azide groups is 1. The Morgan fingerprint density at radius 3 is 2.25 bits per heavy atom. The summed E-state index contributed by atoms with van der Waals surface area (Å²) in [5.41, 5.74) is 6.86. The van der Waals surface area contributed by atoms with Gasteiger partial charge in [0.15, 0.2) is 6.29 Å². The number of aliphatic hydroxyl groups excluding tert-OH is 3. The number of carbonyl (C=O) groups is 1. The summed E-state index contributed by atoms with van der Waals surface area (Å²) in [6.07, 6.45) is -4.33. The summed E-state index contributed by atoms with van der Waals surface area (Å²) >= 11 is 0. The van der Waals surface area contributed by atoms with E-state index in [-0.39, 0.29) is 12.5 Å². The van der Waals surface area contributed by atoms with E-state index in [4.69, 9.17) is 29.2 Å². The first kappa shape index (κ1) is 28.5. The maximum Gasteiger partial charge on any atom is 0.217 e. The van der Waals surface area contributed by atoms with Crippen LogP contribution in [-0.2, 0) is 28.5 Å². The number of aliphatic hydroxyl groups is 3. The third kappa shape index (κ3) is 10.4. The zero-order chi connectivity index (χ0) is 24.0. The molecule has 1 rings (SSSR count). The first-order valence-electron chi connectivity index (χ1n) is 10.6. The molecule has 0 unspecified atom stereocenters. The Hall–Kier alpha value is -1.54. The van der Waals surface area contributed by atoms with E-state index in [9.17, 15) is 20.1 Å². The van der Waals surface area contributed by atoms with Gasteiger partial charge in [0.25, 0.3) is 0 Å². The molecule has 0 aromatic heterocycles. The minimum absolute atomic E-state index is 0.206. The average molecular weight is 465 g/mol. The van der Waals surface area contributed by atoms with Crippen LogP contribution >= 0.6 is 0 Å². The number of nitrogens with zero attached hydrogens (tertiary/aromatic N) is 3. The first-order valence-corrected chi connectivity index (χ1v) is 10.6. The second-order valence-electron chi connectivity index (χ2n) is 7.66. The van der Waals surface area contributed by atoms with Gasteiger partial charge >= 0.3 is 0 Å². The first-order chi connectivity index (χ1) is 15.2. The van der Waals surface area contributed by atoms with Crippen molar-refractivity contribution in [2.24, 2.45) is 5.11 Å². The largest absolute Gasteiger partial charge is 0.388 e. The van der Waals surface area contributed by atoms with Crippen LogP contribution in [0.2, 0.25) is 0 Å². The van der Waals surface area contributed by atoms with Crippen LogP contribution < -0.4 is 5.32 Å². The van der Waals surface area contributed by atoms with E-state index in [0.29, 0.717) is 52.8 Å². The van der Waals surface area contributed by atoms with E-state index < -0.39 is 36.0 Å². The zero-order valence-corrected chi connectivity index (χ0v) is 18.9. The number of hydrogen-bond acceptors (Lipinski definition) is 10. The summed E-state index contributed by atoms with van der Waals surface area (Å²) in [5, 5.41) is 36.6. The SMILES string of the molecule is CC(=O)N[C@@H]1[C@@H](O)[C@@H](O)[C@@](C)(C[C@H](C)OCCOCCOCCOCCN=[N+]=[N-])O[C@@H]1O. The van der Waals surface area contributed by atoms with Crippen molar-refractivity contribution in [1.82, 2.24) is 5.32 Å². The lowest BCUT2D eigenvalue weighted by Gasteiger charge is -2.48. The third-order valence-electron chi connectivity index (χ3n) is 4.85. The molecule has 1 heterocycles.